The van der Waals surface area contributed by atoms with Gasteiger partial charge in [0.25, 0.3) is 5.89 Å². The summed E-state index contributed by atoms with van der Waals surface area (Å²) in [4.78, 5) is 4.02. The van der Waals surface area contributed by atoms with Crippen molar-refractivity contribution < 1.29 is 4.52 Å². The SMILES string of the molecule is Ic1noc(-c2ccnnc2)n1. The molecule has 0 radical (unpaired) electrons. The second-order valence-electron chi connectivity index (χ2n) is 2.00. The normalized spacial score (nSPS) is 10.1. The number of aromatic nitrogens is 4. The van der Waals surface area contributed by atoms with Crippen LogP contribution < -0.4 is 0 Å². The standard InChI is InChI=1S/C6H3IN4O/c7-6-10-5(12-11-6)4-1-2-8-9-3-4/h1-3H. The molecule has 0 saturated carbocycles. The van der Waals surface area contributed by atoms with Crippen molar-refractivity contribution in [3.05, 3.63) is 22.3 Å². The molecule has 0 aliphatic heterocycles. The predicted molar refractivity (Wildman–Crippen MR) is 48.0 cm³/mol. The van der Waals surface area contributed by atoms with Crippen LogP contribution in [-0.4, -0.2) is 20.3 Å². The summed E-state index contributed by atoms with van der Waals surface area (Å²) in [5.41, 5.74) is 0.778. The third-order valence-electron chi connectivity index (χ3n) is 1.23. The summed E-state index contributed by atoms with van der Waals surface area (Å²) in [5.74, 6) is 0.467. The topological polar surface area (TPSA) is 64.7 Å². The molecule has 12 heavy (non-hydrogen) atoms. The van der Waals surface area contributed by atoms with E-state index in [2.05, 4.69) is 20.3 Å². The highest BCUT2D eigenvalue weighted by Crippen LogP contribution is 2.14. The maximum Gasteiger partial charge on any atom is 0.260 e. The van der Waals surface area contributed by atoms with E-state index >= 15 is 0 Å². The van der Waals surface area contributed by atoms with Crippen LogP contribution in [0.1, 0.15) is 0 Å². The van der Waals surface area contributed by atoms with Crippen LogP contribution in [0.3, 0.4) is 0 Å². The van der Waals surface area contributed by atoms with Gasteiger partial charge in [0.2, 0.25) is 3.83 Å². The maximum absolute atomic E-state index is 4.91. The zero-order valence-corrected chi connectivity index (χ0v) is 7.96. The highest BCUT2D eigenvalue weighted by Gasteiger charge is 2.05. The first kappa shape index (κ1) is 7.59. The van der Waals surface area contributed by atoms with Gasteiger partial charge < -0.3 is 4.52 Å². The van der Waals surface area contributed by atoms with Gasteiger partial charge in [0.05, 0.1) is 18.0 Å². The molecule has 0 amide bonds. The minimum Gasteiger partial charge on any atom is -0.333 e. The van der Waals surface area contributed by atoms with E-state index < -0.39 is 0 Å². The molecule has 2 heterocycles. The summed E-state index contributed by atoms with van der Waals surface area (Å²) in [7, 11) is 0. The first-order valence-electron chi connectivity index (χ1n) is 3.12. The van der Waals surface area contributed by atoms with Gasteiger partial charge in [-0.05, 0) is 6.07 Å². The molecule has 0 atom stereocenters. The zero-order chi connectivity index (χ0) is 8.39. The molecule has 5 nitrogen and oxygen atoms in total. The minimum atomic E-state index is 0.467. The van der Waals surface area contributed by atoms with Crippen molar-refractivity contribution in [2.75, 3.05) is 0 Å². The summed E-state index contributed by atoms with van der Waals surface area (Å²) >= 11 is 1.98. The number of nitrogens with zero attached hydrogens (tertiary/aromatic N) is 4. The zero-order valence-electron chi connectivity index (χ0n) is 5.81. The van der Waals surface area contributed by atoms with Gasteiger partial charge in [0, 0.05) is 22.6 Å². The van der Waals surface area contributed by atoms with Crippen LogP contribution >= 0.6 is 22.6 Å². The average Bonchev–Trinajstić information content (AvgIpc) is 2.54. The molecule has 0 spiro atoms. The molecular weight excluding hydrogens is 271 g/mol. The van der Waals surface area contributed by atoms with Crippen molar-refractivity contribution in [3.8, 4) is 11.5 Å². The number of hydrogen-bond acceptors (Lipinski definition) is 5. The Kier molecular flexibility index (Phi) is 1.98. The molecule has 2 aromatic rings. The van der Waals surface area contributed by atoms with Gasteiger partial charge in [0.15, 0.2) is 0 Å². The molecule has 0 aliphatic rings. The quantitative estimate of drug-likeness (QED) is 0.729. The first-order valence-corrected chi connectivity index (χ1v) is 4.20. The molecule has 2 aromatic heterocycles. The molecule has 0 N–H and O–H groups in total. The molecular formula is C6H3IN4O. The summed E-state index contributed by atoms with van der Waals surface area (Å²) in [6, 6.07) is 1.76. The van der Waals surface area contributed by atoms with Gasteiger partial charge in [-0.15, -0.1) is 0 Å². The van der Waals surface area contributed by atoms with Crippen LogP contribution in [0.2, 0.25) is 0 Å². The largest absolute Gasteiger partial charge is 0.333 e. The van der Waals surface area contributed by atoms with Crippen molar-refractivity contribution in [2.24, 2.45) is 0 Å². The maximum atomic E-state index is 4.91. The van der Waals surface area contributed by atoms with E-state index in [4.69, 9.17) is 4.52 Å². The van der Waals surface area contributed by atoms with E-state index in [0.717, 1.165) is 5.56 Å². The van der Waals surface area contributed by atoms with Gasteiger partial charge in [0.1, 0.15) is 0 Å². The third kappa shape index (κ3) is 1.42. The van der Waals surface area contributed by atoms with Crippen molar-refractivity contribution in [1.82, 2.24) is 20.3 Å². The Morgan fingerprint density at radius 2 is 2.25 bits per heavy atom. The van der Waals surface area contributed by atoms with E-state index in [1.165, 1.54) is 0 Å². The Labute approximate surface area is 81.3 Å². The fraction of sp³-hybridized carbons (Fsp3) is 0. The highest BCUT2D eigenvalue weighted by atomic mass is 127. The Morgan fingerprint density at radius 3 is 2.83 bits per heavy atom. The third-order valence-corrected chi connectivity index (χ3v) is 1.67. The molecule has 2 rings (SSSR count). The summed E-state index contributed by atoms with van der Waals surface area (Å²) in [6.45, 7) is 0. The van der Waals surface area contributed by atoms with Crippen LogP contribution in [-0.2, 0) is 0 Å². The monoisotopic (exact) mass is 274 g/mol. The van der Waals surface area contributed by atoms with E-state index in [1.54, 1.807) is 18.5 Å². The number of halogens is 1. The Balaban J connectivity index is 2.45. The molecule has 0 saturated heterocycles. The lowest BCUT2D eigenvalue weighted by Gasteiger charge is -1.87. The van der Waals surface area contributed by atoms with Crippen molar-refractivity contribution in [3.63, 3.8) is 0 Å². The molecule has 0 aliphatic carbocycles. The van der Waals surface area contributed by atoms with Gasteiger partial charge in [-0.1, -0.05) is 5.16 Å². The van der Waals surface area contributed by atoms with Crippen LogP contribution in [0, 0.1) is 3.83 Å². The highest BCUT2D eigenvalue weighted by molar-refractivity contribution is 14.1. The molecule has 0 unspecified atom stereocenters. The van der Waals surface area contributed by atoms with E-state index in [-0.39, 0.29) is 0 Å². The lowest BCUT2D eigenvalue weighted by atomic mass is 10.3. The molecule has 0 aromatic carbocycles. The first-order chi connectivity index (χ1) is 5.86. The van der Waals surface area contributed by atoms with Gasteiger partial charge in [-0.25, -0.2) is 0 Å². The van der Waals surface area contributed by atoms with Gasteiger partial charge in [-0.3, -0.25) is 0 Å². The van der Waals surface area contributed by atoms with Gasteiger partial charge >= 0.3 is 0 Å². The molecule has 6 heteroatoms. The smallest absolute Gasteiger partial charge is 0.260 e. The fourth-order valence-electron chi connectivity index (χ4n) is 0.740. The lowest BCUT2D eigenvalue weighted by molar-refractivity contribution is 0.425. The van der Waals surface area contributed by atoms with Crippen LogP contribution in [0.4, 0.5) is 0 Å². The van der Waals surface area contributed by atoms with E-state index in [9.17, 15) is 0 Å². The summed E-state index contributed by atoms with van der Waals surface area (Å²) < 4.78 is 5.50. The van der Waals surface area contributed by atoms with Gasteiger partial charge in [-0.2, -0.15) is 15.2 Å². The average molecular weight is 274 g/mol. The van der Waals surface area contributed by atoms with Crippen LogP contribution in [0.25, 0.3) is 11.5 Å². The van der Waals surface area contributed by atoms with E-state index in [1.807, 2.05) is 22.6 Å². The minimum absolute atomic E-state index is 0.467. The van der Waals surface area contributed by atoms with E-state index in [0.29, 0.717) is 9.72 Å². The number of hydrogen-bond donors (Lipinski definition) is 0. The summed E-state index contributed by atoms with van der Waals surface area (Å²) in [6.07, 6.45) is 3.15. The van der Waals surface area contributed by atoms with Crippen molar-refractivity contribution in [1.29, 1.82) is 0 Å². The Hall–Kier alpha value is -1.05. The Morgan fingerprint density at radius 1 is 1.33 bits per heavy atom. The van der Waals surface area contributed by atoms with Crippen LogP contribution in [0.15, 0.2) is 23.0 Å². The summed E-state index contributed by atoms with van der Waals surface area (Å²) in [5, 5.41) is 11.0. The molecule has 0 bridgehead atoms. The second kappa shape index (κ2) is 3.13. The lowest BCUT2D eigenvalue weighted by Crippen LogP contribution is -1.81. The molecule has 0 fully saturated rings. The Bertz CT molecular complexity index is 374. The van der Waals surface area contributed by atoms with Crippen LogP contribution in [0.5, 0.6) is 0 Å². The second-order valence-corrected chi connectivity index (χ2v) is 2.96. The number of rotatable bonds is 1. The predicted octanol–water partition coefficient (Wildman–Crippen LogP) is 1.13. The molecule has 60 valence electrons. The van der Waals surface area contributed by atoms with Crippen molar-refractivity contribution in [2.45, 2.75) is 0 Å². The van der Waals surface area contributed by atoms with Crippen molar-refractivity contribution >= 4 is 22.6 Å². The fourth-order valence-corrected chi connectivity index (χ4v) is 1.06.